The molecule has 1 atom stereocenters. The SMILES string of the molecule is CC(C)CN(CCC(C)c1ccccc1)Cc1ccccc1. The first-order valence-electron chi connectivity index (χ1n) is 8.46. The first-order valence-corrected chi connectivity index (χ1v) is 8.46. The second-order valence-corrected chi connectivity index (χ2v) is 6.71. The van der Waals surface area contributed by atoms with Crippen molar-refractivity contribution in [1.29, 1.82) is 0 Å². The molecule has 0 aliphatic heterocycles. The number of hydrogen-bond donors (Lipinski definition) is 0. The molecule has 0 heterocycles. The summed E-state index contributed by atoms with van der Waals surface area (Å²) in [7, 11) is 0. The van der Waals surface area contributed by atoms with Crippen LogP contribution in [0.25, 0.3) is 0 Å². The zero-order valence-corrected chi connectivity index (χ0v) is 14.2. The average Bonchev–Trinajstić information content (AvgIpc) is 2.53. The highest BCUT2D eigenvalue weighted by Gasteiger charge is 2.11. The van der Waals surface area contributed by atoms with E-state index in [-0.39, 0.29) is 0 Å². The van der Waals surface area contributed by atoms with Gasteiger partial charge < -0.3 is 0 Å². The van der Waals surface area contributed by atoms with E-state index in [9.17, 15) is 0 Å². The Bertz CT molecular complexity index is 518. The fraction of sp³-hybridized carbons (Fsp3) is 0.429. The largest absolute Gasteiger partial charge is 0.299 e. The van der Waals surface area contributed by atoms with E-state index in [0.717, 1.165) is 19.6 Å². The van der Waals surface area contributed by atoms with Gasteiger partial charge in [-0.3, -0.25) is 4.90 Å². The molecule has 0 saturated heterocycles. The molecular formula is C21H29N. The van der Waals surface area contributed by atoms with Crippen molar-refractivity contribution in [2.45, 2.75) is 39.7 Å². The zero-order chi connectivity index (χ0) is 15.8. The summed E-state index contributed by atoms with van der Waals surface area (Å²) in [5.41, 5.74) is 2.86. The first-order chi connectivity index (χ1) is 10.6. The highest BCUT2D eigenvalue weighted by molar-refractivity contribution is 5.18. The standard InChI is InChI=1S/C21H29N/c1-18(2)16-22(17-20-10-6-4-7-11-20)15-14-19(3)21-12-8-5-9-13-21/h4-13,18-19H,14-17H2,1-3H3. The Morgan fingerprint density at radius 2 is 1.41 bits per heavy atom. The lowest BCUT2D eigenvalue weighted by Crippen LogP contribution is -2.29. The monoisotopic (exact) mass is 295 g/mol. The lowest BCUT2D eigenvalue weighted by atomic mass is 9.97. The molecule has 1 heteroatoms. The Hall–Kier alpha value is -1.60. The van der Waals surface area contributed by atoms with Gasteiger partial charge in [0.15, 0.2) is 0 Å². The van der Waals surface area contributed by atoms with Crippen molar-refractivity contribution in [1.82, 2.24) is 4.90 Å². The van der Waals surface area contributed by atoms with Gasteiger partial charge in [0.05, 0.1) is 0 Å². The second-order valence-electron chi connectivity index (χ2n) is 6.71. The fourth-order valence-electron chi connectivity index (χ4n) is 2.92. The summed E-state index contributed by atoms with van der Waals surface area (Å²) in [6, 6.07) is 21.7. The third-order valence-corrected chi connectivity index (χ3v) is 4.12. The van der Waals surface area contributed by atoms with Crippen LogP contribution in [0.2, 0.25) is 0 Å². The molecular weight excluding hydrogens is 266 g/mol. The zero-order valence-electron chi connectivity index (χ0n) is 14.2. The highest BCUT2D eigenvalue weighted by Crippen LogP contribution is 2.19. The van der Waals surface area contributed by atoms with Gasteiger partial charge in [0.2, 0.25) is 0 Å². The second kappa shape index (κ2) is 8.75. The van der Waals surface area contributed by atoms with Crippen LogP contribution in [0.1, 0.15) is 44.2 Å². The van der Waals surface area contributed by atoms with Crippen LogP contribution in [0.3, 0.4) is 0 Å². The summed E-state index contributed by atoms with van der Waals surface area (Å²) in [5.74, 6) is 1.32. The Morgan fingerprint density at radius 1 is 0.818 bits per heavy atom. The minimum Gasteiger partial charge on any atom is -0.299 e. The van der Waals surface area contributed by atoms with Crippen LogP contribution in [0.4, 0.5) is 0 Å². The van der Waals surface area contributed by atoms with E-state index in [1.54, 1.807) is 0 Å². The molecule has 0 fully saturated rings. The molecule has 0 radical (unpaired) electrons. The maximum atomic E-state index is 2.60. The number of rotatable bonds is 8. The fourth-order valence-corrected chi connectivity index (χ4v) is 2.92. The van der Waals surface area contributed by atoms with E-state index in [1.807, 2.05) is 0 Å². The Labute approximate surface area is 136 Å². The van der Waals surface area contributed by atoms with Gasteiger partial charge in [0.1, 0.15) is 0 Å². The van der Waals surface area contributed by atoms with E-state index in [4.69, 9.17) is 0 Å². The van der Waals surface area contributed by atoms with Crippen LogP contribution >= 0.6 is 0 Å². The summed E-state index contributed by atoms with van der Waals surface area (Å²) in [6.07, 6.45) is 1.21. The lowest BCUT2D eigenvalue weighted by Gasteiger charge is -2.26. The summed E-state index contributed by atoms with van der Waals surface area (Å²) in [6.45, 7) is 10.3. The van der Waals surface area contributed by atoms with Crippen molar-refractivity contribution in [3.8, 4) is 0 Å². The molecule has 0 bridgehead atoms. The van der Waals surface area contributed by atoms with E-state index in [0.29, 0.717) is 11.8 Å². The third kappa shape index (κ3) is 5.65. The summed E-state index contributed by atoms with van der Waals surface area (Å²) < 4.78 is 0. The van der Waals surface area contributed by atoms with E-state index in [1.165, 1.54) is 17.5 Å². The molecule has 2 aromatic rings. The smallest absolute Gasteiger partial charge is 0.0233 e. The molecule has 0 amide bonds. The summed E-state index contributed by atoms with van der Waals surface area (Å²) in [5, 5.41) is 0. The highest BCUT2D eigenvalue weighted by atomic mass is 15.1. The van der Waals surface area contributed by atoms with Crippen LogP contribution in [-0.4, -0.2) is 18.0 Å². The quantitative estimate of drug-likeness (QED) is 0.635. The molecule has 0 aliphatic rings. The molecule has 0 aromatic heterocycles. The molecule has 0 N–H and O–H groups in total. The molecule has 1 nitrogen and oxygen atoms in total. The molecule has 118 valence electrons. The van der Waals surface area contributed by atoms with Crippen LogP contribution < -0.4 is 0 Å². The predicted molar refractivity (Wildman–Crippen MR) is 96.0 cm³/mol. The average molecular weight is 295 g/mol. The van der Waals surface area contributed by atoms with Crippen molar-refractivity contribution in [3.63, 3.8) is 0 Å². The first kappa shape index (κ1) is 16.8. The predicted octanol–water partition coefficient (Wildman–Crippen LogP) is 5.34. The topological polar surface area (TPSA) is 3.24 Å². The van der Waals surface area contributed by atoms with Gasteiger partial charge in [-0.15, -0.1) is 0 Å². The number of nitrogens with zero attached hydrogens (tertiary/aromatic N) is 1. The van der Waals surface area contributed by atoms with Crippen LogP contribution in [0.5, 0.6) is 0 Å². The molecule has 1 unspecified atom stereocenters. The molecule has 0 saturated carbocycles. The summed E-state index contributed by atoms with van der Waals surface area (Å²) in [4.78, 5) is 2.60. The molecule has 2 rings (SSSR count). The van der Waals surface area contributed by atoms with Gasteiger partial charge in [-0.05, 0) is 35.9 Å². The van der Waals surface area contributed by atoms with Crippen LogP contribution in [0, 0.1) is 5.92 Å². The van der Waals surface area contributed by atoms with Gasteiger partial charge >= 0.3 is 0 Å². The van der Waals surface area contributed by atoms with Crippen molar-refractivity contribution in [2.75, 3.05) is 13.1 Å². The van der Waals surface area contributed by atoms with Gasteiger partial charge in [0, 0.05) is 13.1 Å². The van der Waals surface area contributed by atoms with Crippen molar-refractivity contribution < 1.29 is 0 Å². The molecule has 0 aliphatic carbocycles. The number of benzene rings is 2. The minimum absolute atomic E-state index is 0.617. The minimum atomic E-state index is 0.617. The summed E-state index contributed by atoms with van der Waals surface area (Å²) >= 11 is 0. The Balaban J connectivity index is 1.92. The van der Waals surface area contributed by atoms with Crippen molar-refractivity contribution in [2.24, 2.45) is 5.92 Å². The maximum Gasteiger partial charge on any atom is 0.0233 e. The molecule has 0 spiro atoms. The maximum absolute atomic E-state index is 2.60. The Kier molecular flexibility index (Phi) is 6.67. The van der Waals surface area contributed by atoms with Crippen LogP contribution in [-0.2, 0) is 6.54 Å². The Morgan fingerprint density at radius 3 is 2.00 bits per heavy atom. The number of hydrogen-bond acceptors (Lipinski definition) is 1. The normalized spacial score (nSPS) is 12.8. The lowest BCUT2D eigenvalue weighted by molar-refractivity contribution is 0.228. The third-order valence-electron chi connectivity index (χ3n) is 4.12. The van der Waals surface area contributed by atoms with E-state index in [2.05, 4.69) is 86.3 Å². The van der Waals surface area contributed by atoms with Crippen molar-refractivity contribution >= 4 is 0 Å². The van der Waals surface area contributed by atoms with Gasteiger partial charge in [-0.1, -0.05) is 81.4 Å². The van der Waals surface area contributed by atoms with Crippen molar-refractivity contribution in [3.05, 3.63) is 71.8 Å². The van der Waals surface area contributed by atoms with Gasteiger partial charge in [0.25, 0.3) is 0 Å². The molecule has 2 aromatic carbocycles. The van der Waals surface area contributed by atoms with Crippen LogP contribution in [0.15, 0.2) is 60.7 Å². The molecule has 22 heavy (non-hydrogen) atoms. The van der Waals surface area contributed by atoms with Gasteiger partial charge in [-0.2, -0.15) is 0 Å². The van der Waals surface area contributed by atoms with E-state index < -0.39 is 0 Å². The van der Waals surface area contributed by atoms with E-state index >= 15 is 0 Å². The van der Waals surface area contributed by atoms with Gasteiger partial charge in [-0.25, -0.2) is 0 Å².